The fraction of sp³-hybridized carbons (Fsp3) is 0.348. The Morgan fingerprint density at radius 2 is 1.97 bits per heavy atom. The van der Waals surface area contributed by atoms with Crippen LogP contribution in [-0.4, -0.2) is 49.2 Å². The maximum atomic E-state index is 13.5. The van der Waals surface area contributed by atoms with Gasteiger partial charge in [-0.2, -0.15) is 13.2 Å². The van der Waals surface area contributed by atoms with Crippen LogP contribution in [-0.2, 0) is 15.7 Å². The van der Waals surface area contributed by atoms with Crippen molar-refractivity contribution in [1.82, 2.24) is 9.88 Å². The molecular formula is C23H22ClF3N2O3. The molecule has 0 saturated carbocycles. The maximum absolute atomic E-state index is 13.5. The van der Waals surface area contributed by atoms with E-state index in [4.69, 9.17) is 21.1 Å². The Bertz CT molecular complexity index is 1120. The fourth-order valence-corrected chi connectivity index (χ4v) is 4.26. The lowest BCUT2D eigenvalue weighted by Gasteiger charge is -2.29. The second-order valence-electron chi connectivity index (χ2n) is 7.64. The Morgan fingerprint density at radius 3 is 2.66 bits per heavy atom. The van der Waals surface area contributed by atoms with Gasteiger partial charge in [-0.15, -0.1) is 0 Å². The molecule has 0 unspecified atom stereocenters. The highest BCUT2D eigenvalue weighted by atomic mass is 35.5. The van der Waals surface area contributed by atoms with Gasteiger partial charge in [-0.25, -0.2) is 0 Å². The van der Waals surface area contributed by atoms with Gasteiger partial charge in [-0.1, -0.05) is 17.7 Å². The fourth-order valence-electron chi connectivity index (χ4n) is 4.04. The highest BCUT2D eigenvalue weighted by Crippen LogP contribution is 2.40. The van der Waals surface area contributed by atoms with E-state index in [1.807, 2.05) is 12.1 Å². The number of nitrogens with one attached hydrogen (secondary N) is 1. The van der Waals surface area contributed by atoms with Gasteiger partial charge in [0, 0.05) is 42.5 Å². The first-order chi connectivity index (χ1) is 15.3. The van der Waals surface area contributed by atoms with Crippen molar-refractivity contribution in [3.63, 3.8) is 0 Å². The zero-order valence-electron chi connectivity index (χ0n) is 17.3. The summed E-state index contributed by atoms with van der Waals surface area (Å²) in [5.41, 5.74) is 0.968. The summed E-state index contributed by atoms with van der Waals surface area (Å²) in [6.07, 6.45) is -2.85. The lowest BCUT2D eigenvalue weighted by atomic mass is 9.86. The molecule has 4 rings (SSSR count). The Balaban J connectivity index is 1.80. The Kier molecular flexibility index (Phi) is 6.35. The first-order valence-corrected chi connectivity index (χ1v) is 10.5. The van der Waals surface area contributed by atoms with Crippen molar-refractivity contribution >= 4 is 28.4 Å². The van der Waals surface area contributed by atoms with Gasteiger partial charge in [-0.05, 0) is 41.5 Å². The van der Waals surface area contributed by atoms with E-state index in [0.717, 1.165) is 22.5 Å². The Morgan fingerprint density at radius 1 is 1.22 bits per heavy atom. The van der Waals surface area contributed by atoms with Crippen LogP contribution in [0.15, 0.2) is 42.6 Å². The van der Waals surface area contributed by atoms with E-state index in [2.05, 4.69) is 4.98 Å². The molecule has 1 aliphatic heterocycles. The standard InChI is InChI=1S/C23H22ClF3N2O3/c1-31-15-3-5-21-17(11-15)18(13-28-21)16(12-22(30)29-6-8-32-9-7-29)14-2-4-20(24)19(10-14)23(25,26)27/h2-5,10-11,13,16,28H,6-9,12H2,1H3/t16-/m0/s1. The van der Waals surface area contributed by atoms with Crippen LogP contribution in [0.4, 0.5) is 13.2 Å². The summed E-state index contributed by atoms with van der Waals surface area (Å²) in [5, 5.41) is 0.410. The molecule has 1 amide bonds. The number of alkyl halides is 3. The van der Waals surface area contributed by atoms with Gasteiger partial charge in [0.15, 0.2) is 0 Å². The molecule has 0 radical (unpaired) electrons. The molecule has 1 aliphatic rings. The maximum Gasteiger partial charge on any atom is 0.417 e. The number of halogens is 4. The van der Waals surface area contributed by atoms with E-state index in [1.54, 1.807) is 30.3 Å². The first kappa shape index (κ1) is 22.5. The number of nitrogens with zero attached hydrogens (tertiary/aromatic N) is 1. The van der Waals surface area contributed by atoms with Crippen LogP contribution in [0, 0.1) is 0 Å². The monoisotopic (exact) mass is 466 g/mol. The molecule has 1 saturated heterocycles. The molecule has 1 fully saturated rings. The summed E-state index contributed by atoms with van der Waals surface area (Å²) in [5.74, 6) is -0.132. The number of rotatable bonds is 5. The molecule has 2 heterocycles. The predicted molar refractivity (Wildman–Crippen MR) is 115 cm³/mol. The Labute approximate surface area is 188 Å². The molecule has 0 spiro atoms. The highest BCUT2D eigenvalue weighted by Gasteiger charge is 2.35. The van der Waals surface area contributed by atoms with E-state index < -0.39 is 17.7 Å². The van der Waals surface area contributed by atoms with E-state index in [1.165, 1.54) is 6.07 Å². The number of aromatic nitrogens is 1. The van der Waals surface area contributed by atoms with Crippen LogP contribution in [0.25, 0.3) is 10.9 Å². The lowest BCUT2D eigenvalue weighted by molar-refractivity contribution is -0.137. The lowest BCUT2D eigenvalue weighted by Crippen LogP contribution is -2.41. The topological polar surface area (TPSA) is 54.6 Å². The minimum absolute atomic E-state index is 0.0170. The highest BCUT2D eigenvalue weighted by molar-refractivity contribution is 6.31. The van der Waals surface area contributed by atoms with E-state index in [0.29, 0.717) is 37.6 Å². The van der Waals surface area contributed by atoms with Gasteiger partial charge < -0.3 is 19.4 Å². The number of amides is 1. The molecule has 170 valence electrons. The molecule has 1 N–H and O–H groups in total. The van der Waals surface area contributed by atoms with Crippen LogP contribution >= 0.6 is 11.6 Å². The summed E-state index contributed by atoms with van der Waals surface area (Å²) in [4.78, 5) is 17.9. The minimum atomic E-state index is -4.60. The number of H-pyrrole nitrogens is 1. The molecule has 3 aromatic rings. The zero-order chi connectivity index (χ0) is 22.9. The van der Waals surface area contributed by atoms with Gasteiger partial charge in [0.25, 0.3) is 0 Å². The minimum Gasteiger partial charge on any atom is -0.497 e. The van der Waals surface area contributed by atoms with Crippen LogP contribution in [0.1, 0.15) is 29.0 Å². The molecule has 2 aromatic carbocycles. The molecule has 0 aliphatic carbocycles. The smallest absolute Gasteiger partial charge is 0.417 e. The molecule has 1 atom stereocenters. The summed E-state index contributed by atoms with van der Waals surface area (Å²) < 4.78 is 51.3. The second kappa shape index (κ2) is 9.03. The number of carbonyl (C=O) groups excluding carboxylic acids is 1. The number of hydrogen-bond acceptors (Lipinski definition) is 3. The SMILES string of the molecule is COc1ccc2[nH]cc([C@@H](CC(=O)N3CCOCC3)c3ccc(Cl)c(C(F)(F)F)c3)c2c1. The van der Waals surface area contributed by atoms with Gasteiger partial charge in [0.2, 0.25) is 5.91 Å². The van der Waals surface area contributed by atoms with Crippen LogP contribution < -0.4 is 4.74 Å². The molecule has 32 heavy (non-hydrogen) atoms. The largest absolute Gasteiger partial charge is 0.497 e. The summed E-state index contributed by atoms with van der Waals surface area (Å²) in [7, 11) is 1.54. The van der Waals surface area contributed by atoms with Crippen molar-refractivity contribution in [3.8, 4) is 5.75 Å². The van der Waals surface area contributed by atoms with E-state index in [-0.39, 0.29) is 17.4 Å². The predicted octanol–water partition coefficient (Wildman–Crippen LogP) is 5.23. The normalized spacial score (nSPS) is 15.7. The second-order valence-corrected chi connectivity index (χ2v) is 8.05. The molecule has 1 aromatic heterocycles. The number of hydrogen-bond donors (Lipinski definition) is 1. The van der Waals surface area contributed by atoms with Crippen molar-refractivity contribution in [3.05, 3.63) is 64.3 Å². The number of fused-ring (bicyclic) bond motifs is 1. The van der Waals surface area contributed by atoms with Crippen molar-refractivity contribution in [1.29, 1.82) is 0 Å². The van der Waals surface area contributed by atoms with Crippen molar-refractivity contribution < 1.29 is 27.4 Å². The third-order valence-electron chi connectivity index (χ3n) is 5.74. The quantitative estimate of drug-likeness (QED) is 0.560. The zero-order valence-corrected chi connectivity index (χ0v) is 18.1. The summed E-state index contributed by atoms with van der Waals surface area (Å²) >= 11 is 5.84. The average Bonchev–Trinajstić information content (AvgIpc) is 3.20. The van der Waals surface area contributed by atoms with Gasteiger partial charge in [0.1, 0.15) is 5.75 Å². The number of morpholine rings is 1. The summed E-state index contributed by atoms with van der Waals surface area (Å²) in [6.45, 7) is 1.81. The molecule has 5 nitrogen and oxygen atoms in total. The molecular weight excluding hydrogens is 445 g/mol. The van der Waals surface area contributed by atoms with Gasteiger partial charge in [-0.3, -0.25) is 4.79 Å². The van der Waals surface area contributed by atoms with Crippen LogP contribution in [0.3, 0.4) is 0 Å². The van der Waals surface area contributed by atoms with Gasteiger partial charge >= 0.3 is 6.18 Å². The number of carbonyl (C=O) groups is 1. The number of benzene rings is 2. The van der Waals surface area contributed by atoms with Crippen molar-refractivity contribution in [2.24, 2.45) is 0 Å². The Hall–Kier alpha value is -2.71. The van der Waals surface area contributed by atoms with Crippen molar-refractivity contribution in [2.45, 2.75) is 18.5 Å². The van der Waals surface area contributed by atoms with E-state index in [9.17, 15) is 18.0 Å². The number of ether oxygens (including phenoxy) is 2. The molecule has 0 bridgehead atoms. The van der Waals surface area contributed by atoms with Crippen LogP contribution in [0.2, 0.25) is 5.02 Å². The molecule has 9 heteroatoms. The van der Waals surface area contributed by atoms with Crippen LogP contribution in [0.5, 0.6) is 5.75 Å². The first-order valence-electron chi connectivity index (χ1n) is 10.1. The number of methoxy groups -OCH3 is 1. The number of aromatic amines is 1. The van der Waals surface area contributed by atoms with E-state index >= 15 is 0 Å². The van der Waals surface area contributed by atoms with Crippen molar-refractivity contribution in [2.75, 3.05) is 33.4 Å². The van der Waals surface area contributed by atoms with Gasteiger partial charge in [0.05, 0.1) is 30.9 Å². The average molecular weight is 467 g/mol. The summed E-state index contributed by atoms with van der Waals surface area (Å²) in [6, 6.07) is 9.27. The third kappa shape index (κ3) is 4.56. The third-order valence-corrected chi connectivity index (χ3v) is 6.07.